The third-order valence-electron chi connectivity index (χ3n) is 1.99. The van der Waals surface area contributed by atoms with Crippen molar-refractivity contribution in [3.63, 3.8) is 0 Å². The Morgan fingerprint density at radius 2 is 1.65 bits per heavy atom. The van der Waals surface area contributed by atoms with Crippen molar-refractivity contribution in [1.82, 2.24) is 0 Å². The van der Waals surface area contributed by atoms with E-state index in [-0.39, 0.29) is 5.75 Å². The Balaban J connectivity index is 3.22. The lowest BCUT2D eigenvalue weighted by Crippen LogP contribution is -2.44. The van der Waals surface area contributed by atoms with Gasteiger partial charge in [-0.25, -0.2) is 0 Å². The number of methoxy groups -OCH3 is 1. The van der Waals surface area contributed by atoms with E-state index >= 15 is 0 Å². The van der Waals surface area contributed by atoms with Gasteiger partial charge in [-0.05, 0) is 12.1 Å². The Bertz CT molecular complexity index is 425. The minimum Gasteiger partial charge on any atom is -0.496 e. The first-order valence-electron chi connectivity index (χ1n) is 4.34. The van der Waals surface area contributed by atoms with Crippen LogP contribution in [0.25, 0.3) is 0 Å². The molecule has 17 heavy (non-hydrogen) atoms. The molecule has 0 bridgehead atoms. The Labute approximate surface area is 93.0 Å². The Morgan fingerprint density at radius 1 is 1.12 bits per heavy atom. The van der Waals surface area contributed by atoms with Crippen molar-refractivity contribution in [2.45, 2.75) is 12.1 Å². The molecule has 1 aromatic carbocycles. The first-order valence-corrected chi connectivity index (χ1v) is 4.34. The van der Waals surface area contributed by atoms with E-state index in [1.165, 1.54) is 12.1 Å². The van der Waals surface area contributed by atoms with Crippen LogP contribution < -0.4 is 4.74 Å². The molecule has 0 aromatic heterocycles. The van der Waals surface area contributed by atoms with Crippen LogP contribution in [0.5, 0.6) is 5.75 Å². The zero-order valence-corrected chi connectivity index (χ0v) is 8.52. The number of ether oxygens (including phenoxy) is 1. The van der Waals surface area contributed by atoms with Gasteiger partial charge in [0, 0.05) is 0 Å². The number of carbonyl (C=O) groups is 1. The molecule has 94 valence electrons. The first kappa shape index (κ1) is 13.4. The topological polar surface area (TPSA) is 26.3 Å². The average molecular weight is 254 g/mol. The Hall–Kier alpha value is -1.66. The van der Waals surface area contributed by atoms with Crippen molar-refractivity contribution < 1.29 is 31.5 Å². The number of carbonyl (C=O) groups excluding carboxylic acids is 1. The van der Waals surface area contributed by atoms with Gasteiger partial charge in [-0.2, -0.15) is 22.0 Å². The van der Waals surface area contributed by atoms with Crippen molar-refractivity contribution in [2.24, 2.45) is 0 Å². The third-order valence-corrected chi connectivity index (χ3v) is 1.99. The number of Topliss-reactive ketones (excluding diaryl/α,β-unsaturated/α-hetero) is 1. The Morgan fingerprint density at radius 3 is 2.12 bits per heavy atom. The molecule has 0 aliphatic carbocycles. The van der Waals surface area contributed by atoms with Crippen molar-refractivity contribution in [1.29, 1.82) is 0 Å². The van der Waals surface area contributed by atoms with Gasteiger partial charge in [0.1, 0.15) is 5.75 Å². The Kier molecular flexibility index (Phi) is 3.40. The smallest absolute Gasteiger partial charge is 0.461 e. The normalized spacial score (nSPS) is 12.4. The predicted molar refractivity (Wildman–Crippen MR) is 48.3 cm³/mol. The van der Waals surface area contributed by atoms with E-state index in [1.54, 1.807) is 0 Å². The number of hydrogen-bond acceptors (Lipinski definition) is 2. The molecule has 0 saturated heterocycles. The highest BCUT2D eigenvalue weighted by Crippen LogP contribution is 2.39. The largest absolute Gasteiger partial charge is 0.496 e. The highest BCUT2D eigenvalue weighted by Gasteiger charge is 2.63. The molecule has 0 N–H and O–H groups in total. The van der Waals surface area contributed by atoms with Crippen LogP contribution in [0.1, 0.15) is 10.4 Å². The number of alkyl halides is 5. The van der Waals surface area contributed by atoms with E-state index in [2.05, 4.69) is 4.74 Å². The van der Waals surface area contributed by atoms with Crippen LogP contribution >= 0.6 is 0 Å². The molecule has 0 atom stereocenters. The van der Waals surface area contributed by atoms with Gasteiger partial charge in [-0.15, -0.1) is 0 Å². The summed E-state index contributed by atoms with van der Waals surface area (Å²) in [6, 6.07) is 4.49. The van der Waals surface area contributed by atoms with Crippen LogP contribution in [-0.2, 0) is 0 Å². The molecule has 7 heteroatoms. The molecule has 1 rings (SSSR count). The molecule has 0 aliphatic rings. The van der Waals surface area contributed by atoms with E-state index < -0.39 is 23.4 Å². The number of hydrogen-bond donors (Lipinski definition) is 0. The summed E-state index contributed by atoms with van der Waals surface area (Å²) in [6.07, 6.45) is -5.93. The SMILES string of the molecule is COc1ccccc1C(=O)C(F)(F)C(F)(F)F. The van der Waals surface area contributed by atoms with E-state index in [4.69, 9.17) is 0 Å². The van der Waals surface area contributed by atoms with Gasteiger partial charge in [-0.1, -0.05) is 12.1 Å². The fraction of sp³-hybridized carbons (Fsp3) is 0.300. The van der Waals surface area contributed by atoms with E-state index in [0.717, 1.165) is 19.2 Å². The van der Waals surface area contributed by atoms with Crippen LogP contribution in [-0.4, -0.2) is 25.0 Å². The summed E-state index contributed by atoms with van der Waals surface area (Å²) in [5.41, 5.74) is -0.808. The number of ketones is 1. The lowest BCUT2D eigenvalue weighted by atomic mass is 10.0. The molecule has 0 aliphatic heterocycles. The monoisotopic (exact) mass is 254 g/mol. The van der Waals surface area contributed by atoms with Crippen LogP contribution in [0.15, 0.2) is 24.3 Å². The summed E-state index contributed by atoms with van der Waals surface area (Å²) in [5.74, 6) is -8.09. The summed E-state index contributed by atoms with van der Waals surface area (Å²) in [4.78, 5) is 11.1. The predicted octanol–water partition coefficient (Wildman–Crippen LogP) is 3.08. The van der Waals surface area contributed by atoms with Gasteiger partial charge in [-0.3, -0.25) is 4.79 Å². The molecule has 0 saturated carbocycles. The van der Waals surface area contributed by atoms with Crippen LogP contribution in [0.2, 0.25) is 0 Å². The molecule has 0 fully saturated rings. The minimum atomic E-state index is -5.93. The second-order valence-corrected chi connectivity index (χ2v) is 3.10. The maximum absolute atomic E-state index is 12.8. The van der Waals surface area contributed by atoms with E-state index in [1.807, 2.05) is 0 Å². The molecular weight excluding hydrogens is 247 g/mol. The fourth-order valence-corrected chi connectivity index (χ4v) is 1.13. The van der Waals surface area contributed by atoms with Crippen molar-refractivity contribution in [3.8, 4) is 5.75 Å². The van der Waals surface area contributed by atoms with Gasteiger partial charge < -0.3 is 4.74 Å². The molecule has 0 heterocycles. The van der Waals surface area contributed by atoms with Crippen LogP contribution in [0.3, 0.4) is 0 Å². The summed E-state index contributed by atoms with van der Waals surface area (Å²) < 4.78 is 66.1. The second kappa shape index (κ2) is 4.31. The summed E-state index contributed by atoms with van der Waals surface area (Å²) in [7, 11) is 1.07. The lowest BCUT2D eigenvalue weighted by Gasteiger charge is -2.19. The second-order valence-electron chi connectivity index (χ2n) is 3.10. The zero-order valence-electron chi connectivity index (χ0n) is 8.52. The maximum atomic E-state index is 12.8. The van der Waals surface area contributed by atoms with E-state index in [0.29, 0.717) is 0 Å². The van der Waals surface area contributed by atoms with Gasteiger partial charge in [0.25, 0.3) is 0 Å². The van der Waals surface area contributed by atoms with Crippen LogP contribution in [0, 0.1) is 0 Å². The summed E-state index contributed by atoms with van der Waals surface area (Å²) in [6.45, 7) is 0. The number of para-hydroxylation sites is 1. The molecule has 0 amide bonds. The van der Waals surface area contributed by atoms with Crippen molar-refractivity contribution >= 4 is 5.78 Å². The number of rotatable bonds is 3. The van der Waals surface area contributed by atoms with Gasteiger partial charge in [0.2, 0.25) is 5.78 Å². The summed E-state index contributed by atoms with van der Waals surface area (Å²) in [5, 5.41) is 0. The zero-order chi connectivity index (χ0) is 13.3. The average Bonchev–Trinajstić information content (AvgIpc) is 2.26. The molecule has 0 radical (unpaired) electrons. The third kappa shape index (κ3) is 2.37. The van der Waals surface area contributed by atoms with Gasteiger partial charge in [0.05, 0.1) is 12.7 Å². The lowest BCUT2D eigenvalue weighted by molar-refractivity contribution is -0.255. The number of benzene rings is 1. The quantitative estimate of drug-likeness (QED) is 0.612. The van der Waals surface area contributed by atoms with Gasteiger partial charge in [0.15, 0.2) is 0 Å². The molecule has 2 nitrogen and oxygen atoms in total. The van der Waals surface area contributed by atoms with Crippen molar-refractivity contribution in [2.75, 3.05) is 7.11 Å². The highest BCUT2D eigenvalue weighted by atomic mass is 19.4. The maximum Gasteiger partial charge on any atom is 0.461 e. The molecule has 0 spiro atoms. The van der Waals surface area contributed by atoms with Gasteiger partial charge >= 0.3 is 12.1 Å². The molecule has 0 unspecified atom stereocenters. The first-order chi connectivity index (χ1) is 7.71. The number of halogens is 5. The highest BCUT2D eigenvalue weighted by molar-refractivity contribution is 6.04. The van der Waals surface area contributed by atoms with Crippen molar-refractivity contribution in [3.05, 3.63) is 29.8 Å². The standard InChI is InChI=1S/C10H7F5O2/c1-17-7-5-3-2-4-6(7)8(16)9(11,12)10(13,14)15/h2-5H,1H3. The summed E-state index contributed by atoms with van der Waals surface area (Å²) >= 11 is 0. The fourth-order valence-electron chi connectivity index (χ4n) is 1.13. The van der Waals surface area contributed by atoms with Crippen LogP contribution in [0.4, 0.5) is 22.0 Å². The molecular formula is C10H7F5O2. The molecule has 1 aromatic rings. The minimum absolute atomic E-state index is 0.332. The van der Waals surface area contributed by atoms with E-state index in [9.17, 15) is 26.7 Å².